The topological polar surface area (TPSA) is 44.4 Å². The van der Waals surface area contributed by atoms with Gasteiger partial charge in [0, 0.05) is 44.2 Å². The Morgan fingerprint density at radius 3 is 2.70 bits per heavy atom. The van der Waals surface area contributed by atoms with Gasteiger partial charge in [0.1, 0.15) is 0 Å². The van der Waals surface area contributed by atoms with Crippen molar-refractivity contribution in [3.8, 4) is 0 Å². The van der Waals surface area contributed by atoms with Crippen molar-refractivity contribution < 1.29 is 4.79 Å². The van der Waals surface area contributed by atoms with E-state index in [4.69, 9.17) is 0 Å². The molecule has 4 heteroatoms. The molecule has 3 aliphatic heterocycles. The maximum absolute atomic E-state index is 13.9. The minimum absolute atomic E-state index is 0.00230. The fourth-order valence-electron chi connectivity index (χ4n) is 6.15. The maximum atomic E-state index is 13.9. The highest BCUT2D eigenvalue weighted by Gasteiger charge is 2.51. The number of piperidine rings is 1. The molecule has 2 fully saturated rings. The first kappa shape index (κ1) is 19.8. The highest BCUT2D eigenvalue weighted by Crippen LogP contribution is 2.42. The third kappa shape index (κ3) is 3.27. The highest BCUT2D eigenvalue weighted by molar-refractivity contribution is 5.82. The zero-order valence-corrected chi connectivity index (χ0v) is 18.2. The molecule has 5 rings (SSSR count). The number of amides is 1. The molecular formula is C26H33N3O. The standard InChI is InChI=1S/C26H33N3O/c1-18-8-9-23-22(12-18)14-27-16-26(23)17-28-15-24(26)25(30)29-11-10-21(13-19(29)2)20-6-4-3-5-7-20/h3-9,12,19,21,24,27-28H,10-11,13-17H2,1-2H3. The van der Waals surface area contributed by atoms with Gasteiger partial charge < -0.3 is 15.5 Å². The molecular weight excluding hydrogens is 370 g/mol. The summed E-state index contributed by atoms with van der Waals surface area (Å²) in [5.41, 5.74) is 5.31. The number of likely N-dealkylation sites (tertiary alicyclic amines) is 1. The van der Waals surface area contributed by atoms with E-state index >= 15 is 0 Å². The molecule has 3 heterocycles. The summed E-state index contributed by atoms with van der Waals surface area (Å²) in [6.07, 6.45) is 2.11. The number of fused-ring (bicyclic) bond motifs is 2. The van der Waals surface area contributed by atoms with Crippen LogP contribution in [0.1, 0.15) is 47.9 Å². The summed E-state index contributed by atoms with van der Waals surface area (Å²) in [5, 5.41) is 7.19. The van der Waals surface area contributed by atoms with Gasteiger partial charge in [-0.05, 0) is 49.3 Å². The van der Waals surface area contributed by atoms with Crippen molar-refractivity contribution in [2.45, 2.75) is 50.6 Å². The van der Waals surface area contributed by atoms with Crippen molar-refractivity contribution in [1.29, 1.82) is 0 Å². The SMILES string of the molecule is Cc1ccc2c(c1)CNCC21CNCC1C(=O)N1CCC(c2ccccc2)CC1C. The van der Waals surface area contributed by atoms with Gasteiger partial charge in [-0.15, -0.1) is 0 Å². The number of benzene rings is 2. The first-order valence-electron chi connectivity index (χ1n) is 11.5. The van der Waals surface area contributed by atoms with Gasteiger partial charge in [-0.3, -0.25) is 4.79 Å². The minimum Gasteiger partial charge on any atom is -0.340 e. The van der Waals surface area contributed by atoms with Gasteiger partial charge in [-0.25, -0.2) is 0 Å². The Morgan fingerprint density at radius 2 is 1.90 bits per heavy atom. The predicted octanol–water partition coefficient (Wildman–Crippen LogP) is 3.35. The van der Waals surface area contributed by atoms with E-state index in [1.165, 1.54) is 22.3 Å². The smallest absolute Gasteiger partial charge is 0.228 e. The lowest BCUT2D eigenvalue weighted by atomic mass is 9.68. The van der Waals surface area contributed by atoms with E-state index in [0.29, 0.717) is 11.8 Å². The quantitative estimate of drug-likeness (QED) is 0.808. The molecule has 0 bridgehead atoms. The molecule has 30 heavy (non-hydrogen) atoms. The van der Waals surface area contributed by atoms with Crippen LogP contribution in [0.25, 0.3) is 0 Å². The Bertz CT molecular complexity index is 927. The number of nitrogens with zero attached hydrogens (tertiary/aromatic N) is 1. The fourth-order valence-corrected chi connectivity index (χ4v) is 6.15. The van der Waals surface area contributed by atoms with E-state index in [0.717, 1.165) is 45.6 Å². The largest absolute Gasteiger partial charge is 0.340 e. The molecule has 1 amide bonds. The number of rotatable bonds is 2. The Balaban J connectivity index is 1.38. The van der Waals surface area contributed by atoms with E-state index in [1.54, 1.807) is 0 Å². The molecule has 2 N–H and O–H groups in total. The first-order valence-corrected chi connectivity index (χ1v) is 11.5. The molecule has 2 saturated heterocycles. The molecule has 4 nitrogen and oxygen atoms in total. The molecule has 0 radical (unpaired) electrons. The van der Waals surface area contributed by atoms with Gasteiger partial charge >= 0.3 is 0 Å². The molecule has 2 aromatic carbocycles. The summed E-state index contributed by atoms with van der Waals surface area (Å²) in [7, 11) is 0. The molecule has 1 spiro atoms. The van der Waals surface area contributed by atoms with Crippen LogP contribution >= 0.6 is 0 Å². The van der Waals surface area contributed by atoms with E-state index in [1.807, 2.05) is 0 Å². The van der Waals surface area contributed by atoms with Crippen LogP contribution in [-0.2, 0) is 16.8 Å². The lowest BCUT2D eigenvalue weighted by Crippen LogP contribution is -2.55. The van der Waals surface area contributed by atoms with Crippen LogP contribution in [0.4, 0.5) is 0 Å². The summed E-state index contributed by atoms with van der Waals surface area (Å²) < 4.78 is 0. The Labute approximate surface area is 180 Å². The van der Waals surface area contributed by atoms with Gasteiger partial charge in [-0.2, -0.15) is 0 Å². The zero-order chi connectivity index (χ0) is 20.7. The molecule has 4 atom stereocenters. The summed E-state index contributed by atoms with van der Waals surface area (Å²) in [4.78, 5) is 16.0. The van der Waals surface area contributed by atoms with Crippen molar-refractivity contribution in [3.63, 3.8) is 0 Å². The molecule has 4 unspecified atom stereocenters. The first-order chi connectivity index (χ1) is 14.6. The van der Waals surface area contributed by atoms with Gasteiger partial charge in [0.15, 0.2) is 0 Å². The number of nitrogens with one attached hydrogen (secondary N) is 2. The number of carbonyl (C=O) groups is 1. The van der Waals surface area contributed by atoms with Crippen LogP contribution in [0.5, 0.6) is 0 Å². The Hall–Kier alpha value is -2.17. The third-order valence-electron chi connectivity index (χ3n) is 7.74. The van der Waals surface area contributed by atoms with E-state index in [2.05, 4.69) is 77.9 Å². The second-order valence-corrected chi connectivity index (χ2v) is 9.62. The second kappa shape index (κ2) is 7.82. The summed E-state index contributed by atoms with van der Waals surface area (Å²) in [6, 6.07) is 17.9. The molecule has 158 valence electrons. The monoisotopic (exact) mass is 403 g/mol. The van der Waals surface area contributed by atoms with Gasteiger partial charge in [-0.1, -0.05) is 54.1 Å². The summed E-state index contributed by atoms with van der Waals surface area (Å²) in [5.74, 6) is 0.901. The highest BCUT2D eigenvalue weighted by atomic mass is 16.2. The lowest BCUT2D eigenvalue weighted by molar-refractivity contribution is -0.140. The van der Waals surface area contributed by atoms with Crippen LogP contribution in [0.2, 0.25) is 0 Å². The van der Waals surface area contributed by atoms with Crippen LogP contribution in [0.3, 0.4) is 0 Å². The van der Waals surface area contributed by atoms with Gasteiger partial charge in [0.2, 0.25) is 5.91 Å². The fraction of sp³-hybridized carbons (Fsp3) is 0.500. The minimum atomic E-state index is -0.131. The van der Waals surface area contributed by atoms with Crippen molar-refractivity contribution in [1.82, 2.24) is 15.5 Å². The molecule has 2 aromatic rings. The van der Waals surface area contributed by atoms with E-state index in [9.17, 15) is 4.79 Å². The maximum Gasteiger partial charge on any atom is 0.228 e. The number of aryl methyl sites for hydroxylation is 1. The van der Waals surface area contributed by atoms with Crippen molar-refractivity contribution in [2.75, 3.05) is 26.2 Å². The number of hydrogen-bond donors (Lipinski definition) is 2. The Kier molecular flexibility index (Phi) is 5.16. The molecule has 0 aliphatic carbocycles. The van der Waals surface area contributed by atoms with Crippen molar-refractivity contribution in [2.24, 2.45) is 5.92 Å². The van der Waals surface area contributed by atoms with Crippen LogP contribution < -0.4 is 10.6 Å². The predicted molar refractivity (Wildman–Crippen MR) is 121 cm³/mol. The average Bonchev–Trinajstić information content (AvgIpc) is 3.17. The lowest BCUT2D eigenvalue weighted by Gasteiger charge is -2.44. The summed E-state index contributed by atoms with van der Waals surface area (Å²) >= 11 is 0. The van der Waals surface area contributed by atoms with Crippen LogP contribution in [-0.4, -0.2) is 43.0 Å². The molecule has 0 saturated carbocycles. The second-order valence-electron chi connectivity index (χ2n) is 9.62. The summed E-state index contributed by atoms with van der Waals surface area (Å²) in [6.45, 7) is 8.68. The van der Waals surface area contributed by atoms with E-state index in [-0.39, 0.29) is 17.4 Å². The van der Waals surface area contributed by atoms with E-state index < -0.39 is 0 Å². The van der Waals surface area contributed by atoms with Crippen LogP contribution in [0.15, 0.2) is 48.5 Å². The molecule has 3 aliphatic rings. The van der Waals surface area contributed by atoms with Crippen molar-refractivity contribution in [3.05, 3.63) is 70.8 Å². The molecule has 0 aromatic heterocycles. The zero-order valence-electron chi connectivity index (χ0n) is 18.2. The number of hydrogen-bond acceptors (Lipinski definition) is 3. The van der Waals surface area contributed by atoms with Gasteiger partial charge in [0.25, 0.3) is 0 Å². The average molecular weight is 404 g/mol. The third-order valence-corrected chi connectivity index (χ3v) is 7.74. The van der Waals surface area contributed by atoms with Crippen molar-refractivity contribution >= 4 is 5.91 Å². The van der Waals surface area contributed by atoms with Gasteiger partial charge in [0.05, 0.1) is 5.92 Å². The normalized spacial score (nSPS) is 31.0. The number of carbonyl (C=O) groups excluding carboxylic acids is 1. The van der Waals surface area contributed by atoms with Crippen LogP contribution in [0, 0.1) is 12.8 Å². The Morgan fingerprint density at radius 1 is 1.10 bits per heavy atom.